The number of hydrogen-bond acceptors (Lipinski definition) is 4. The molecule has 25 heavy (non-hydrogen) atoms. The van der Waals surface area contributed by atoms with Gasteiger partial charge in [-0.05, 0) is 76.9 Å². The minimum absolute atomic E-state index is 0.434. The Hall–Kier alpha value is -2.56. The van der Waals surface area contributed by atoms with Gasteiger partial charge in [-0.1, -0.05) is 12.1 Å². The summed E-state index contributed by atoms with van der Waals surface area (Å²) in [6.45, 7) is 11.5. The minimum Gasteiger partial charge on any atom is -0.444 e. The van der Waals surface area contributed by atoms with Gasteiger partial charge >= 0.3 is 6.09 Å². The highest BCUT2D eigenvalue weighted by molar-refractivity contribution is 5.69. The molecule has 0 aliphatic heterocycles. The predicted molar refractivity (Wildman–Crippen MR) is 101 cm³/mol. The Balaban J connectivity index is 2.14. The average molecular weight is 341 g/mol. The Morgan fingerprint density at radius 1 is 1.08 bits per heavy atom. The van der Waals surface area contributed by atoms with Crippen molar-refractivity contribution in [2.45, 2.75) is 52.7 Å². The van der Waals surface area contributed by atoms with Crippen LogP contribution in [0.15, 0.2) is 42.6 Å². The van der Waals surface area contributed by atoms with Crippen LogP contribution in [0.1, 0.15) is 45.7 Å². The smallest absolute Gasteiger partial charge is 0.408 e. The normalized spacial score (nSPS) is 11.8. The first kappa shape index (κ1) is 18.8. The van der Waals surface area contributed by atoms with Gasteiger partial charge in [-0.2, -0.15) is 0 Å². The van der Waals surface area contributed by atoms with Crippen LogP contribution in [0.2, 0.25) is 0 Å². The van der Waals surface area contributed by atoms with Gasteiger partial charge in [0.2, 0.25) is 0 Å². The summed E-state index contributed by atoms with van der Waals surface area (Å²) in [6, 6.07) is 11.8. The Morgan fingerprint density at radius 3 is 2.44 bits per heavy atom. The van der Waals surface area contributed by atoms with Crippen LogP contribution < -0.4 is 10.6 Å². The Bertz CT molecular complexity index is 749. The van der Waals surface area contributed by atoms with E-state index < -0.39 is 17.2 Å². The molecule has 0 atom stereocenters. The van der Waals surface area contributed by atoms with Crippen molar-refractivity contribution in [2.24, 2.45) is 0 Å². The van der Waals surface area contributed by atoms with Gasteiger partial charge in [0.1, 0.15) is 11.4 Å². The molecule has 2 rings (SSSR count). The largest absolute Gasteiger partial charge is 0.444 e. The molecule has 0 unspecified atom stereocenters. The van der Waals surface area contributed by atoms with Gasteiger partial charge < -0.3 is 15.4 Å². The van der Waals surface area contributed by atoms with Crippen molar-refractivity contribution >= 4 is 17.6 Å². The highest BCUT2D eigenvalue weighted by Crippen LogP contribution is 2.25. The lowest BCUT2D eigenvalue weighted by atomic mass is 9.94. The zero-order valence-electron chi connectivity index (χ0n) is 15.8. The monoisotopic (exact) mass is 341 g/mol. The second-order valence-electron chi connectivity index (χ2n) is 7.68. The van der Waals surface area contributed by atoms with Crippen molar-refractivity contribution in [1.29, 1.82) is 0 Å². The van der Waals surface area contributed by atoms with Crippen molar-refractivity contribution in [3.05, 3.63) is 53.7 Å². The number of benzene rings is 1. The minimum atomic E-state index is -0.569. The Labute approximate surface area is 149 Å². The first-order chi connectivity index (χ1) is 11.5. The summed E-state index contributed by atoms with van der Waals surface area (Å²) in [5, 5.41) is 6.22. The molecule has 2 aromatic rings. The molecule has 1 heterocycles. The van der Waals surface area contributed by atoms with Gasteiger partial charge in [-0.15, -0.1) is 0 Å². The number of hydrogen-bond donors (Lipinski definition) is 2. The molecular weight excluding hydrogens is 314 g/mol. The number of alkyl carbamates (subject to hydrolysis) is 1. The summed E-state index contributed by atoms with van der Waals surface area (Å²) in [6.07, 6.45) is 1.34. The Kier molecular flexibility index (Phi) is 5.36. The standard InChI is InChI=1S/C20H27N3O2/c1-14-10-11-21-17(12-14)22-16-9-7-8-15(13-16)20(5,6)23-18(24)25-19(2,3)4/h7-13H,1-6H3,(H,21,22)(H,23,24). The summed E-state index contributed by atoms with van der Waals surface area (Å²) in [4.78, 5) is 16.4. The van der Waals surface area contributed by atoms with Crippen molar-refractivity contribution in [1.82, 2.24) is 10.3 Å². The maximum absolute atomic E-state index is 12.1. The molecule has 2 N–H and O–H groups in total. The highest BCUT2D eigenvalue weighted by Gasteiger charge is 2.26. The molecule has 0 spiro atoms. The fraction of sp³-hybridized carbons (Fsp3) is 0.400. The SMILES string of the molecule is Cc1ccnc(Nc2cccc(C(C)(C)NC(=O)OC(C)(C)C)c2)c1. The molecule has 0 aliphatic rings. The molecule has 0 saturated heterocycles. The average Bonchev–Trinajstić information content (AvgIpc) is 2.45. The number of rotatable bonds is 4. The molecule has 0 radical (unpaired) electrons. The summed E-state index contributed by atoms with van der Waals surface area (Å²) < 4.78 is 5.36. The number of anilines is 2. The fourth-order valence-electron chi connectivity index (χ4n) is 2.37. The van der Waals surface area contributed by atoms with E-state index in [0.29, 0.717) is 0 Å². The van der Waals surface area contributed by atoms with E-state index in [2.05, 4.69) is 15.6 Å². The molecule has 0 bridgehead atoms. The summed E-state index contributed by atoms with van der Waals surface area (Å²) in [5.74, 6) is 0.787. The third-order valence-corrected chi connectivity index (χ3v) is 3.59. The first-order valence-corrected chi connectivity index (χ1v) is 8.36. The third-order valence-electron chi connectivity index (χ3n) is 3.59. The molecule has 0 saturated carbocycles. The summed E-state index contributed by atoms with van der Waals surface area (Å²) in [7, 11) is 0. The number of ether oxygens (including phenoxy) is 1. The predicted octanol–water partition coefficient (Wildman–Crippen LogP) is 4.89. The molecule has 1 aromatic heterocycles. The van der Waals surface area contributed by atoms with E-state index in [0.717, 1.165) is 22.6 Å². The fourth-order valence-corrected chi connectivity index (χ4v) is 2.37. The molecule has 1 amide bonds. The quantitative estimate of drug-likeness (QED) is 0.831. The lowest BCUT2D eigenvalue weighted by Gasteiger charge is -2.29. The van der Waals surface area contributed by atoms with Crippen LogP contribution >= 0.6 is 0 Å². The molecule has 5 nitrogen and oxygen atoms in total. The number of carbonyl (C=O) groups is 1. The van der Waals surface area contributed by atoms with Crippen molar-refractivity contribution in [2.75, 3.05) is 5.32 Å². The molecule has 0 fully saturated rings. The lowest BCUT2D eigenvalue weighted by Crippen LogP contribution is -2.43. The number of nitrogens with zero attached hydrogens (tertiary/aromatic N) is 1. The molecule has 134 valence electrons. The van der Waals surface area contributed by atoms with Crippen LogP contribution in [-0.2, 0) is 10.3 Å². The van der Waals surface area contributed by atoms with E-state index in [1.54, 1.807) is 6.20 Å². The first-order valence-electron chi connectivity index (χ1n) is 8.36. The van der Waals surface area contributed by atoms with Gasteiger partial charge in [-0.25, -0.2) is 9.78 Å². The summed E-state index contributed by atoms with van der Waals surface area (Å²) >= 11 is 0. The maximum Gasteiger partial charge on any atom is 0.408 e. The number of pyridine rings is 1. The number of aryl methyl sites for hydroxylation is 1. The van der Waals surface area contributed by atoms with Gasteiger partial charge in [0.25, 0.3) is 0 Å². The van der Waals surface area contributed by atoms with Crippen LogP contribution in [0.3, 0.4) is 0 Å². The number of amides is 1. The molecule has 1 aromatic carbocycles. The van der Waals surface area contributed by atoms with Gasteiger partial charge in [0.05, 0.1) is 5.54 Å². The third kappa shape index (κ3) is 5.78. The van der Waals surface area contributed by atoms with E-state index in [1.165, 1.54) is 0 Å². The van der Waals surface area contributed by atoms with E-state index in [-0.39, 0.29) is 0 Å². The Morgan fingerprint density at radius 2 is 1.80 bits per heavy atom. The van der Waals surface area contributed by atoms with Crippen LogP contribution in [0, 0.1) is 6.92 Å². The van der Waals surface area contributed by atoms with E-state index in [4.69, 9.17) is 4.74 Å². The van der Waals surface area contributed by atoms with E-state index in [1.807, 2.05) is 77.9 Å². The maximum atomic E-state index is 12.1. The summed E-state index contributed by atoms with van der Waals surface area (Å²) in [5.41, 5.74) is 1.92. The number of nitrogens with one attached hydrogen (secondary N) is 2. The number of aromatic nitrogens is 1. The van der Waals surface area contributed by atoms with Crippen LogP contribution in [0.25, 0.3) is 0 Å². The van der Waals surface area contributed by atoms with Gasteiger partial charge in [0, 0.05) is 11.9 Å². The second-order valence-corrected chi connectivity index (χ2v) is 7.68. The topological polar surface area (TPSA) is 63.2 Å². The molecular formula is C20H27N3O2. The van der Waals surface area contributed by atoms with Crippen molar-refractivity contribution in [3.8, 4) is 0 Å². The van der Waals surface area contributed by atoms with Gasteiger partial charge in [0.15, 0.2) is 0 Å². The van der Waals surface area contributed by atoms with Crippen LogP contribution in [0.4, 0.5) is 16.3 Å². The lowest BCUT2D eigenvalue weighted by molar-refractivity contribution is 0.0470. The second kappa shape index (κ2) is 7.13. The molecule has 0 aliphatic carbocycles. The van der Waals surface area contributed by atoms with Crippen molar-refractivity contribution in [3.63, 3.8) is 0 Å². The number of carbonyl (C=O) groups excluding carboxylic acids is 1. The van der Waals surface area contributed by atoms with E-state index in [9.17, 15) is 4.79 Å². The zero-order valence-corrected chi connectivity index (χ0v) is 15.8. The molecule has 5 heteroatoms. The van der Waals surface area contributed by atoms with Gasteiger partial charge in [-0.3, -0.25) is 0 Å². The van der Waals surface area contributed by atoms with E-state index >= 15 is 0 Å². The van der Waals surface area contributed by atoms with Crippen LogP contribution in [-0.4, -0.2) is 16.7 Å². The highest BCUT2D eigenvalue weighted by atomic mass is 16.6. The zero-order chi connectivity index (χ0) is 18.7. The van der Waals surface area contributed by atoms with Crippen LogP contribution in [0.5, 0.6) is 0 Å². The van der Waals surface area contributed by atoms with Crippen molar-refractivity contribution < 1.29 is 9.53 Å².